The molecule has 1 aliphatic heterocycles. The van der Waals surface area contributed by atoms with Gasteiger partial charge in [0.15, 0.2) is 0 Å². The Balaban J connectivity index is 2.05. The highest BCUT2D eigenvalue weighted by molar-refractivity contribution is 7.99. The molecule has 0 aromatic carbocycles. The number of aliphatic hydroxyl groups is 1. The molecule has 0 bridgehead atoms. The van der Waals surface area contributed by atoms with Crippen LogP contribution in [-0.4, -0.2) is 46.3 Å². The maximum Gasteiger partial charge on any atom is 0.224 e. The number of furan rings is 1. The molecule has 0 aliphatic carbocycles. The van der Waals surface area contributed by atoms with Gasteiger partial charge in [0, 0.05) is 30.2 Å². The highest BCUT2D eigenvalue weighted by Crippen LogP contribution is 2.38. The quantitative estimate of drug-likeness (QED) is 0.818. The lowest BCUT2D eigenvalue weighted by Crippen LogP contribution is -2.38. The lowest BCUT2D eigenvalue weighted by atomic mass is 10.2. The second-order valence-corrected chi connectivity index (χ2v) is 7.20. The van der Waals surface area contributed by atoms with Gasteiger partial charge < -0.3 is 14.4 Å². The van der Waals surface area contributed by atoms with E-state index in [2.05, 4.69) is 0 Å². The number of rotatable bonds is 6. The molecule has 1 aromatic heterocycles. The van der Waals surface area contributed by atoms with Crippen molar-refractivity contribution in [2.75, 3.05) is 30.4 Å². The van der Waals surface area contributed by atoms with Crippen molar-refractivity contribution < 1.29 is 14.3 Å². The highest BCUT2D eigenvalue weighted by atomic mass is 32.2. The Bertz CT molecular complexity index is 442. The van der Waals surface area contributed by atoms with Gasteiger partial charge in [0.05, 0.1) is 6.61 Å². The molecule has 0 radical (unpaired) electrons. The van der Waals surface area contributed by atoms with E-state index in [0.717, 1.165) is 34.3 Å². The standard InChI is InChI=1S/C14H21NO3S2/c1-10-9-12(18-11(10)2)14-15(4-7-19-8-5-16)13(17)3-6-20-14/h9,14,16H,3-8H2,1-2H3. The van der Waals surface area contributed by atoms with Crippen LogP contribution in [0.1, 0.15) is 28.9 Å². The zero-order chi connectivity index (χ0) is 14.5. The number of hydrogen-bond donors (Lipinski definition) is 1. The summed E-state index contributed by atoms with van der Waals surface area (Å²) in [6.45, 7) is 4.88. The van der Waals surface area contributed by atoms with E-state index in [1.807, 2.05) is 24.8 Å². The van der Waals surface area contributed by atoms with Crippen molar-refractivity contribution in [2.24, 2.45) is 0 Å². The highest BCUT2D eigenvalue weighted by Gasteiger charge is 2.31. The van der Waals surface area contributed by atoms with E-state index in [1.165, 1.54) is 0 Å². The van der Waals surface area contributed by atoms with Gasteiger partial charge >= 0.3 is 0 Å². The van der Waals surface area contributed by atoms with Crippen molar-refractivity contribution in [3.05, 3.63) is 23.2 Å². The summed E-state index contributed by atoms with van der Waals surface area (Å²) in [6.07, 6.45) is 0.602. The first-order valence-corrected chi connectivity index (χ1v) is 9.00. The smallest absolute Gasteiger partial charge is 0.224 e. The second kappa shape index (κ2) is 7.43. The number of hydrogen-bond acceptors (Lipinski definition) is 5. The van der Waals surface area contributed by atoms with Crippen LogP contribution in [0.5, 0.6) is 0 Å². The van der Waals surface area contributed by atoms with Gasteiger partial charge in [-0.3, -0.25) is 4.79 Å². The van der Waals surface area contributed by atoms with Crippen molar-refractivity contribution in [2.45, 2.75) is 25.6 Å². The molecular formula is C14H21NO3S2. The fraction of sp³-hybridized carbons (Fsp3) is 0.643. The molecule has 6 heteroatoms. The van der Waals surface area contributed by atoms with Crippen LogP contribution in [0.3, 0.4) is 0 Å². The van der Waals surface area contributed by atoms with E-state index < -0.39 is 0 Å². The summed E-state index contributed by atoms with van der Waals surface area (Å²) in [6, 6.07) is 2.04. The molecule has 1 atom stereocenters. The topological polar surface area (TPSA) is 53.7 Å². The van der Waals surface area contributed by atoms with Gasteiger partial charge in [0.25, 0.3) is 0 Å². The van der Waals surface area contributed by atoms with Crippen molar-refractivity contribution in [1.82, 2.24) is 4.90 Å². The molecule has 112 valence electrons. The van der Waals surface area contributed by atoms with Gasteiger partial charge in [-0.05, 0) is 25.5 Å². The predicted molar refractivity (Wildman–Crippen MR) is 84.1 cm³/mol. The first-order valence-electron chi connectivity index (χ1n) is 6.80. The molecule has 1 amide bonds. The third kappa shape index (κ3) is 3.74. The van der Waals surface area contributed by atoms with Crippen LogP contribution in [0.15, 0.2) is 10.5 Å². The molecule has 1 saturated heterocycles. The van der Waals surface area contributed by atoms with Crippen LogP contribution in [0.25, 0.3) is 0 Å². The minimum Gasteiger partial charge on any atom is -0.463 e. The van der Waals surface area contributed by atoms with E-state index in [9.17, 15) is 4.79 Å². The second-order valence-electron chi connectivity index (χ2n) is 4.78. The molecule has 2 rings (SSSR count). The first-order chi connectivity index (χ1) is 9.63. The summed E-state index contributed by atoms with van der Waals surface area (Å²) in [4.78, 5) is 14.1. The third-order valence-electron chi connectivity index (χ3n) is 3.34. The molecule has 1 aromatic rings. The van der Waals surface area contributed by atoms with Gasteiger partial charge in [-0.1, -0.05) is 0 Å². The minimum absolute atomic E-state index is 0.00150. The molecule has 1 fully saturated rings. The van der Waals surface area contributed by atoms with E-state index in [1.54, 1.807) is 23.5 Å². The fourth-order valence-electron chi connectivity index (χ4n) is 2.15. The molecule has 0 spiro atoms. The molecular weight excluding hydrogens is 294 g/mol. The molecule has 20 heavy (non-hydrogen) atoms. The number of thioether (sulfide) groups is 2. The Morgan fingerprint density at radius 3 is 2.95 bits per heavy atom. The van der Waals surface area contributed by atoms with Crippen LogP contribution in [-0.2, 0) is 4.79 Å². The number of aliphatic hydroxyl groups excluding tert-OH is 1. The predicted octanol–water partition coefficient (Wildman–Crippen LogP) is 2.59. The van der Waals surface area contributed by atoms with Crippen LogP contribution in [0.2, 0.25) is 0 Å². The Morgan fingerprint density at radius 1 is 1.50 bits per heavy atom. The van der Waals surface area contributed by atoms with E-state index in [0.29, 0.717) is 13.0 Å². The maximum atomic E-state index is 12.1. The lowest BCUT2D eigenvalue weighted by Gasteiger charge is -2.33. The van der Waals surface area contributed by atoms with Gasteiger partial charge in [-0.25, -0.2) is 0 Å². The summed E-state index contributed by atoms with van der Waals surface area (Å²) in [5.41, 5.74) is 1.13. The molecule has 0 saturated carbocycles. The Morgan fingerprint density at radius 2 is 2.30 bits per heavy atom. The van der Waals surface area contributed by atoms with Crippen molar-refractivity contribution >= 4 is 29.4 Å². The van der Waals surface area contributed by atoms with Crippen molar-refractivity contribution in [3.8, 4) is 0 Å². The SMILES string of the molecule is Cc1cc(C2SCCC(=O)N2CCSCCO)oc1C. The fourth-order valence-corrected chi connectivity index (χ4v) is 4.01. The summed E-state index contributed by atoms with van der Waals surface area (Å²) in [5, 5.41) is 8.80. The Hall–Kier alpha value is -0.590. The summed E-state index contributed by atoms with van der Waals surface area (Å²) >= 11 is 3.44. The zero-order valence-electron chi connectivity index (χ0n) is 11.9. The average Bonchev–Trinajstić information content (AvgIpc) is 2.76. The first kappa shape index (κ1) is 15.8. The molecule has 2 heterocycles. The van der Waals surface area contributed by atoms with Gasteiger partial charge in [-0.15, -0.1) is 11.8 Å². The van der Waals surface area contributed by atoms with Crippen molar-refractivity contribution in [1.29, 1.82) is 0 Å². The van der Waals surface area contributed by atoms with Gasteiger partial charge in [0.2, 0.25) is 5.91 Å². The molecule has 1 unspecified atom stereocenters. The van der Waals surface area contributed by atoms with Crippen LogP contribution in [0.4, 0.5) is 0 Å². The summed E-state index contributed by atoms with van der Waals surface area (Å²) in [7, 11) is 0. The van der Waals surface area contributed by atoms with Crippen LogP contribution in [0, 0.1) is 13.8 Å². The normalized spacial score (nSPS) is 19.6. The average molecular weight is 315 g/mol. The Labute approximate surface area is 128 Å². The summed E-state index contributed by atoms with van der Waals surface area (Å²) in [5.74, 6) is 4.42. The van der Waals surface area contributed by atoms with Gasteiger partial charge in [0.1, 0.15) is 16.9 Å². The molecule has 1 N–H and O–H groups in total. The number of aryl methyl sites for hydroxylation is 2. The van der Waals surface area contributed by atoms with E-state index in [-0.39, 0.29) is 17.9 Å². The number of carbonyl (C=O) groups is 1. The minimum atomic E-state index is -0.00150. The van der Waals surface area contributed by atoms with Crippen LogP contribution < -0.4 is 0 Å². The largest absolute Gasteiger partial charge is 0.463 e. The maximum absolute atomic E-state index is 12.1. The van der Waals surface area contributed by atoms with Crippen LogP contribution >= 0.6 is 23.5 Å². The van der Waals surface area contributed by atoms with Crippen molar-refractivity contribution in [3.63, 3.8) is 0 Å². The number of amides is 1. The number of nitrogens with zero attached hydrogens (tertiary/aromatic N) is 1. The monoisotopic (exact) mass is 315 g/mol. The molecule has 4 nitrogen and oxygen atoms in total. The van der Waals surface area contributed by atoms with E-state index in [4.69, 9.17) is 9.52 Å². The third-order valence-corrected chi connectivity index (χ3v) is 5.52. The van der Waals surface area contributed by atoms with E-state index >= 15 is 0 Å². The molecule has 1 aliphatic rings. The lowest BCUT2D eigenvalue weighted by molar-refractivity contribution is -0.132. The summed E-state index contributed by atoms with van der Waals surface area (Å²) < 4.78 is 5.80. The Kier molecular flexibility index (Phi) is 5.86. The van der Waals surface area contributed by atoms with Gasteiger partial charge in [-0.2, -0.15) is 11.8 Å². The zero-order valence-corrected chi connectivity index (χ0v) is 13.6. The number of carbonyl (C=O) groups excluding carboxylic acids is 1.